The highest BCUT2D eigenvalue weighted by Crippen LogP contribution is 2.56. The number of hydrogen-bond acceptors (Lipinski definition) is 16. The third kappa shape index (κ3) is 8.48. The van der Waals surface area contributed by atoms with Crippen molar-refractivity contribution in [2.75, 3.05) is 0 Å². The summed E-state index contributed by atoms with van der Waals surface area (Å²) in [5.74, 6) is -10.7. The van der Waals surface area contributed by atoms with Gasteiger partial charge in [0.25, 0.3) is 0 Å². The maximum Gasteiger partial charge on any atom is 0.309 e. The standard InChI is InChI=1S/C36H50O16/c1-15(2)33(44)50-26-16(3)25(45-18(5)37)24-30(47-20(7)39)35(13,51-22(9)41)14-36(24,52-23(10)42)29(43)17(4)27-31(49-27)34(11,12)32(48-21(8)40)28(26)46-19(6)38/h15,17,24-28,30-32H,3,14H2,1-2,4-13H3/t17-,24+,25?,26+,27+,28-,30-,31-,32?,35-,36-/m1/s1. The van der Waals surface area contributed by atoms with Gasteiger partial charge in [-0.05, 0) is 6.92 Å². The number of esters is 7. The van der Waals surface area contributed by atoms with E-state index in [-0.39, 0.29) is 5.57 Å². The average molecular weight is 739 g/mol. The van der Waals surface area contributed by atoms with Crippen LogP contribution in [0.5, 0.6) is 0 Å². The molecular weight excluding hydrogens is 688 g/mol. The lowest BCUT2D eigenvalue weighted by Gasteiger charge is -2.45. The summed E-state index contributed by atoms with van der Waals surface area (Å²) in [5, 5.41) is 0. The third-order valence-electron chi connectivity index (χ3n) is 9.65. The molecule has 2 unspecified atom stereocenters. The molecule has 11 atom stereocenters. The maximum atomic E-state index is 15.1. The molecule has 0 bridgehead atoms. The van der Waals surface area contributed by atoms with E-state index in [0.29, 0.717) is 0 Å². The first-order valence-electron chi connectivity index (χ1n) is 17.0. The van der Waals surface area contributed by atoms with Gasteiger partial charge in [0.2, 0.25) is 0 Å². The molecule has 3 aliphatic rings. The van der Waals surface area contributed by atoms with Crippen LogP contribution in [0.3, 0.4) is 0 Å². The van der Waals surface area contributed by atoms with Crippen LogP contribution in [-0.4, -0.2) is 101 Å². The number of carbonyl (C=O) groups excluding carboxylic acids is 8. The molecule has 0 aromatic heterocycles. The molecule has 52 heavy (non-hydrogen) atoms. The molecule has 1 aliphatic heterocycles. The van der Waals surface area contributed by atoms with Gasteiger partial charge in [0.15, 0.2) is 41.4 Å². The summed E-state index contributed by atoms with van der Waals surface area (Å²) in [6.07, 6.45) is -10.9. The van der Waals surface area contributed by atoms with Crippen molar-refractivity contribution in [3.63, 3.8) is 0 Å². The summed E-state index contributed by atoms with van der Waals surface area (Å²) in [6, 6.07) is 0. The summed E-state index contributed by atoms with van der Waals surface area (Å²) in [4.78, 5) is 105. The molecule has 3 fully saturated rings. The molecule has 0 aromatic carbocycles. The zero-order valence-electron chi connectivity index (χ0n) is 31.7. The zero-order valence-corrected chi connectivity index (χ0v) is 31.7. The minimum atomic E-state index is -2.38. The van der Waals surface area contributed by atoms with Crippen LogP contribution in [0.2, 0.25) is 0 Å². The fourth-order valence-electron chi connectivity index (χ4n) is 7.66. The first-order valence-corrected chi connectivity index (χ1v) is 17.0. The molecule has 3 rings (SSSR count). The van der Waals surface area contributed by atoms with Gasteiger partial charge >= 0.3 is 41.8 Å². The molecule has 2 aliphatic carbocycles. The van der Waals surface area contributed by atoms with Gasteiger partial charge in [-0.15, -0.1) is 0 Å². The quantitative estimate of drug-likeness (QED) is 0.151. The Balaban J connectivity index is 2.58. The van der Waals surface area contributed by atoms with Crippen molar-refractivity contribution in [1.29, 1.82) is 0 Å². The van der Waals surface area contributed by atoms with E-state index in [0.717, 1.165) is 41.5 Å². The smallest absolute Gasteiger partial charge is 0.309 e. The summed E-state index contributed by atoms with van der Waals surface area (Å²) >= 11 is 0. The molecule has 2 saturated carbocycles. The molecule has 290 valence electrons. The minimum Gasteiger partial charge on any atom is -0.458 e. The Morgan fingerprint density at radius 3 is 1.67 bits per heavy atom. The van der Waals surface area contributed by atoms with E-state index in [1.807, 2.05) is 0 Å². The van der Waals surface area contributed by atoms with Crippen LogP contribution in [0.15, 0.2) is 12.2 Å². The lowest BCUT2D eigenvalue weighted by Crippen LogP contribution is -2.60. The Hall–Kier alpha value is -4.34. The Bertz CT molecular complexity index is 1510. The summed E-state index contributed by atoms with van der Waals surface area (Å²) in [6.45, 7) is 19.7. The number of rotatable bonds is 8. The van der Waals surface area contributed by atoms with Gasteiger partial charge in [0.05, 0.1) is 24.0 Å². The molecule has 0 radical (unpaired) electrons. The topological polar surface area (TPSA) is 214 Å². The number of ketones is 1. The number of hydrogen-bond donors (Lipinski definition) is 0. The second-order valence-corrected chi connectivity index (χ2v) is 14.8. The van der Waals surface area contributed by atoms with Crippen molar-refractivity contribution >= 4 is 47.6 Å². The predicted octanol–water partition coefficient (Wildman–Crippen LogP) is 2.49. The van der Waals surface area contributed by atoms with E-state index in [2.05, 4.69) is 6.58 Å². The number of carbonyl (C=O) groups is 8. The van der Waals surface area contributed by atoms with Gasteiger partial charge < -0.3 is 37.9 Å². The van der Waals surface area contributed by atoms with E-state index in [1.165, 1.54) is 27.7 Å². The van der Waals surface area contributed by atoms with Crippen molar-refractivity contribution in [2.45, 2.75) is 143 Å². The summed E-state index contributed by atoms with van der Waals surface area (Å²) < 4.78 is 47.0. The largest absolute Gasteiger partial charge is 0.458 e. The van der Waals surface area contributed by atoms with Crippen LogP contribution in [0.1, 0.15) is 89.5 Å². The monoisotopic (exact) mass is 738 g/mol. The lowest BCUT2D eigenvalue weighted by atomic mass is 9.69. The molecule has 16 heteroatoms. The first kappa shape index (κ1) is 42.1. The van der Waals surface area contributed by atoms with E-state index in [1.54, 1.807) is 13.8 Å². The fraction of sp³-hybridized carbons (Fsp3) is 0.722. The van der Waals surface area contributed by atoms with Crippen LogP contribution < -0.4 is 0 Å². The van der Waals surface area contributed by atoms with Crippen molar-refractivity contribution in [1.82, 2.24) is 0 Å². The third-order valence-corrected chi connectivity index (χ3v) is 9.65. The molecule has 1 saturated heterocycles. The van der Waals surface area contributed by atoms with Crippen molar-refractivity contribution in [3.8, 4) is 0 Å². The highest BCUT2D eigenvalue weighted by atomic mass is 16.6. The van der Waals surface area contributed by atoms with Gasteiger partial charge in [-0.25, -0.2) is 0 Å². The molecule has 1 heterocycles. The van der Waals surface area contributed by atoms with E-state index in [4.69, 9.17) is 37.9 Å². The Morgan fingerprint density at radius 2 is 1.21 bits per heavy atom. The number of fused-ring (bicyclic) bond motifs is 2. The first-order chi connectivity index (χ1) is 23.8. The average Bonchev–Trinajstić information content (AvgIpc) is 3.76. The second-order valence-electron chi connectivity index (χ2n) is 14.8. The Kier molecular flexibility index (Phi) is 12.4. The van der Waals surface area contributed by atoms with E-state index < -0.39 is 131 Å². The molecule has 0 amide bonds. The highest BCUT2D eigenvalue weighted by Gasteiger charge is 2.74. The fourth-order valence-corrected chi connectivity index (χ4v) is 7.66. The molecule has 0 spiro atoms. The molecule has 0 N–H and O–H groups in total. The Morgan fingerprint density at radius 1 is 0.712 bits per heavy atom. The highest BCUT2D eigenvalue weighted by molar-refractivity contribution is 5.93. The maximum absolute atomic E-state index is 15.1. The number of Topliss-reactive ketones (excluding diaryl/α,β-unsaturated/α-hetero) is 1. The Labute approximate surface area is 302 Å². The van der Waals surface area contributed by atoms with Crippen LogP contribution in [0.4, 0.5) is 0 Å². The van der Waals surface area contributed by atoms with Crippen molar-refractivity contribution in [3.05, 3.63) is 12.2 Å². The number of epoxide rings is 1. The minimum absolute atomic E-state index is 0.344. The van der Waals surface area contributed by atoms with E-state index in [9.17, 15) is 33.6 Å². The SMILES string of the molecule is C=C1C(OC(C)=O)[C@H]2[C@@H](OC(C)=O)[C@](C)(OC(C)=O)C[C@]2(OC(C)=O)C(=O)[C@H](C)[C@@H]2O[C@H]2C(C)(C)C(OC(C)=O)[C@H](OC(C)=O)[C@H]1OC(=O)C(C)C. The van der Waals surface area contributed by atoms with Gasteiger partial charge in [-0.2, -0.15) is 0 Å². The van der Waals surface area contributed by atoms with Gasteiger partial charge in [0, 0.05) is 64.9 Å². The van der Waals surface area contributed by atoms with Crippen LogP contribution in [-0.2, 0) is 76.3 Å². The zero-order chi connectivity index (χ0) is 39.8. The molecule has 0 aromatic rings. The second kappa shape index (κ2) is 15.3. The van der Waals surface area contributed by atoms with Crippen LogP contribution in [0.25, 0.3) is 0 Å². The normalized spacial score (nSPS) is 35.3. The van der Waals surface area contributed by atoms with Crippen LogP contribution >= 0.6 is 0 Å². The van der Waals surface area contributed by atoms with Crippen molar-refractivity contribution in [2.24, 2.45) is 23.2 Å². The molecular formula is C36H50O16. The summed E-state index contributed by atoms with van der Waals surface area (Å²) in [7, 11) is 0. The van der Waals surface area contributed by atoms with Crippen molar-refractivity contribution < 1.29 is 76.3 Å². The predicted molar refractivity (Wildman–Crippen MR) is 175 cm³/mol. The van der Waals surface area contributed by atoms with Gasteiger partial charge in [-0.1, -0.05) is 41.2 Å². The van der Waals surface area contributed by atoms with E-state index >= 15 is 4.79 Å². The molecule has 16 nitrogen and oxygen atoms in total. The van der Waals surface area contributed by atoms with Gasteiger partial charge in [-0.3, -0.25) is 38.4 Å². The number of ether oxygens (including phenoxy) is 8. The lowest BCUT2D eigenvalue weighted by molar-refractivity contribution is -0.199. The van der Waals surface area contributed by atoms with Gasteiger partial charge in [0.1, 0.15) is 6.10 Å². The summed E-state index contributed by atoms with van der Waals surface area (Å²) in [5.41, 5.74) is -5.92. The van der Waals surface area contributed by atoms with Crippen LogP contribution in [0, 0.1) is 23.2 Å².